The van der Waals surface area contributed by atoms with Crippen LogP contribution in [0.3, 0.4) is 0 Å². The van der Waals surface area contributed by atoms with E-state index in [4.69, 9.17) is 5.11 Å². The second-order valence-corrected chi connectivity index (χ2v) is 2.96. The fraction of sp³-hybridized carbons (Fsp3) is 0.0909. The van der Waals surface area contributed by atoms with Crippen LogP contribution in [-0.2, 0) is 0 Å². The van der Waals surface area contributed by atoms with E-state index in [1.807, 2.05) is 30.3 Å². The molecule has 3 heteroatoms. The van der Waals surface area contributed by atoms with Crippen LogP contribution in [0.4, 0.5) is 0 Å². The molecule has 3 nitrogen and oxygen atoms in total. The fourth-order valence-electron chi connectivity index (χ4n) is 1.25. The largest absolute Gasteiger partial charge is 0.390 e. The van der Waals surface area contributed by atoms with E-state index in [9.17, 15) is 0 Å². The maximum atomic E-state index is 8.94. The van der Waals surface area contributed by atoms with Gasteiger partial charge in [-0.05, 0) is 0 Å². The van der Waals surface area contributed by atoms with Gasteiger partial charge in [0.15, 0.2) is 5.84 Å². The first-order chi connectivity index (χ1) is 6.81. The maximum Gasteiger partial charge on any atom is 0.160 e. The Bertz CT molecular complexity index is 418. The topological polar surface area (TPSA) is 45.0 Å². The van der Waals surface area contributed by atoms with Crippen molar-refractivity contribution in [1.82, 2.24) is 0 Å². The zero-order valence-corrected chi connectivity index (χ0v) is 7.64. The summed E-state index contributed by atoms with van der Waals surface area (Å²) >= 11 is 0. The highest BCUT2D eigenvalue weighted by molar-refractivity contribution is 6.18. The molecule has 0 saturated heterocycles. The van der Waals surface area contributed by atoms with Crippen molar-refractivity contribution in [2.75, 3.05) is 6.61 Å². The summed E-state index contributed by atoms with van der Waals surface area (Å²) in [4.78, 5) is 8.34. The zero-order valence-electron chi connectivity index (χ0n) is 7.64. The minimum atomic E-state index is -0.112. The molecule has 1 aromatic rings. The monoisotopic (exact) mass is 186 g/mol. The van der Waals surface area contributed by atoms with E-state index in [1.54, 1.807) is 0 Å². The Hall–Kier alpha value is -1.74. The van der Waals surface area contributed by atoms with Crippen molar-refractivity contribution in [3.63, 3.8) is 0 Å². The fourth-order valence-corrected chi connectivity index (χ4v) is 1.25. The van der Waals surface area contributed by atoms with Crippen molar-refractivity contribution in [3.8, 4) is 0 Å². The number of aliphatic imine (C=N–C) groups is 2. The molecule has 0 aliphatic carbocycles. The SMILES string of the molecule is C=C1N=C(c2ccccc2)N=C1CO. The first-order valence-electron chi connectivity index (χ1n) is 4.33. The Balaban J connectivity index is 2.36. The van der Waals surface area contributed by atoms with Gasteiger partial charge in [-0.25, -0.2) is 9.98 Å². The molecule has 1 aromatic carbocycles. The molecule has 1 N–H and O–H groups in total. The zero-order chi connectivity index (χ0) is 9.97. The van der Waals surface area contributed by atoms with Crippen LogP contribution in [0.1, 0.15) is 5.56 Å². The lowest BCUT2D eigenvalue weighted by Crippen LogP contribution is -2.02. The van der Waals surface area contributed by atoms with Crippen LogP contribution in [0.15, 0.2) is 52.6 Å². The number of aliphatic hydroxyl groups excluding tert-OH is 1. The highest BCUT2D eigenvalue weighted by atomic mass is 16.3. The van der Waals surface area contributed by atoms with Gasteiger partial charge in [0.05, 0.1) is 18.0 Å². The third kappa shape index (κ3) is 1.49. The number of hydrogen-bond donors (Lipinski definition) is 1. The Morgan fingerprint density at radius 3 is 2.43 bits per heavy atom. The Morgan fingerprint density at radius 1 is 1.14 bits per heavy atom. The van der Waals surface area contributed by atoms with Crippen molar-refractivity contribution in [3.05, 3.63) is 48.2 Å². The summed E-state index contributed by atoms with van der Waals surface area (Å²) in [5, 5.41) is 8.94. The smallest absolute Gasteiger partial charge is 0.160 e. The molecular weight excluding hydrogens is 176 g/mol. The normalized spacial score (nSPS) is 15.4. The summed E-state index contributed by atoms with van der Waals surface area (Å²) in [5.41, 5.74) is 2.03. The van der Waals surface area contributed by atoms with Crippen LogP contribution >= 0.6 is 0 Å². The van der Waals surface area contributed by atoms with Gasteiger partial charge in [0.2, 0.25) is 0 Å². The summed E-state index contributed by atoms with van der Waals surface area (Å²) in [6.45, 7) is 3.59. The highest BCUT2D eigenvalue weighted by Gasteiger charge is 2.14. The van der Waals surface area contributed by atoms with Crippen molar-refractivity contribution in [2.45, 2.75) is 0 Å². The Morgan fingerprint density at radius 2 is 1.86 bits per heavy atom. The molecule has 0 spiro atoms. The van der Waals surface area contributed by atoms with Gasteiger partial charge in [-0.1, -0.05) is 36.9 Å². The van der Waals surface area contributed by atoms with Crippen LogP contribution in [0, 0.1) is 0 Å². The molecule has 0 unspecified atom stereocenters. The second-order valence-electron chi connectivity index (χ2n) is 2.96. The molecule has 0 fully saturated rings. The number of rotatable bonds is 2. The maximum absolute atomic E-state index is 8.94. The Kier molecular flexibility index (Phi) is 2.24. The molecule has 2 rings (SSSR count). The number of aliphatic hydroxyl groups is 1. The number of hydrogen-bond acceptors (Lipinski definition) is 3. The van der Waals surface area contributed by atoms with Crippen LogP contribution < -0.4 is 0 Å². The van der Waals surface area contributed by atoms with E-state index in [2.05, 4.69) is 16.6 Å². The summed E-state index contributed by atoms with van der Waals surface area (Å²) in [5.74, 6) is 0.625. The van der Waals surface area contributed by atoms with Crippen LogP contribution in [0.2, 0.25) is 0 Å². The quantitative estimate of drug-likeness (QED) is 0.745. The number of amidine groups is 1. The van der Waals surface area contributed by atoms with Crippen LogP contribution in [0.25, 0.3) is 0 Å². The standard InChI is InChI=1S/C11H10N2O/c1-8-10(7-14)13-11(12-8)9-5-3-2-4-6-9/h2-6,14H,1,7H2. The molecule has 0 aromatic heterocycles. The van der Waals surface area contributed by atoms with Gasteiger partial charge in [0, 0.05) is 5.56 Å². The molecule has 70 valence electrons. The van der Waals surface area contributed by atoms with E-state index >= 15 is 0 Å². The number of benzene rings is 1. The first kappa shape index (κ1) is 8.84. The third-order valence-corrected chi connectivity index (χ3v) is 2.00. The lowest BCUT2D eigenvalue weighted by molar-refractivity contribution is 0.358. The van der Waals surface area contributed by atoms with Gasteiger partial charge in [-0.3, -0.25) is 0 Å². The van der Waals surface area contributed by atoms with Crippen molar-refractivity contribution < 1.29 is 5.11 Å². The van der Waals surface area contributed by atoms with Crippen molar-refractivity contribution >= 4 is 11.5 Å². The molecular formula is C11H10N2O. The van der Waals surface area contributed by atoms with Gasteiger partial charge in [0.1, 0.15) is 0 Å². The van der Waals surface area contributed by atoms with Gasteiger partial charge in [-0.2, -0.15) is 0 Å². The van der Waals surface area contributed by atoms with Gasteiger partial charge in [-0.15, -0.1) is 0 Å². The van der Waals surface area contributed by atoms with Gasteiger partial charge >= 0.3 is 0 Å². The summed E-state index contributed by atoms with van der Waals surface area (Å²) < 4.78 is 0. The van der Waals surface area contributed by atoms with Gasteiger partial charge < -0.3 is 5.11 Å². The Labute approximate surface area is 82.1 Å². The molecule has 1 heterocycles. The number of nitrogens with zero attached hydrogens (tertiary/aromatic N) is 2. The van der Waals surface area contributed by atoms with E-state index in [1.165, 1.54) is 0 Å². The summed E-state index contributed by atoms with van der Waals surface area (Å²) in [6, 6.07) is 9.64. The van der Waals surface area contributed by atoms with E-state index in [-0.39, 0.29) is 6.61 Å². The summed E-state index contributed by atoms with van der Waals surface area (Å²) in [7, 11) is 0. The second kappa shape index (κ2) is 3.55. The molecule has 0 atom stereocenters. The van der Waals surface area contributed by atoms with E-state index < -0.39 is 0 Å². The average Bonchev–Trinajstić information content (AvgIpc) is 2.61. The predicted molar refractivity (Wildman–Crippen MR) is 56.6 cm³/mol. The molecule has 1 aliphatic rings. The van der Waals surface area contributed by atoms with E-state index in [0.717, 1.165) is 5.56 Å². The third-order valence-electron chi connectivity index (χ3n) is 2.00. The molecule has 0 radical (unpaired) electrons. The minimum Gasteiger partial charge on any atom is -0.390 e. The predicted octanol–water partition coefficient (Wildman–Crippen LogP) is 1.39. The molecule has 0 bridgehead atoms. The van der Waals surface area contributed by atoms with Crippen molar-refractivity contribution in [2.24, 2.45) is 9.98 Å². The lowest BCUT2D eigenvalue weighted by atomic mass is 10.2. The first-order valence-corrected chi connectivity index (χ1v) is 4.33. The van der Waals surface area contributed by atoms with E-state index in [0.29, 0.717) is 17.2 Å². The molecule has 14 heavy (non-hydrogen) atoms. The minimum absolute atomic E-state index is 0.112. The molecule has 0 saturated carbocycles. The van der Waals surface area contributed by atoms with Crippen LogP contribution in [-0.4, -0.2) is 23.3 Å². The molecule has 0 amide bonds. The highest BCUT2D eigenvalue weighted by Crippen LogP contribution is 2.13. The van der Waals surface area contributed by atoms with Crippen LogP contribution in [0.5, 0.6) is 0 Å². The average molecular weight is 186 g/mol. The van der Waals surface area contributed by atoms with Gasteiger partial charge in [0.25, 0.3) is 0 Å². The molecule has 1 aliphatic heterocycles. The summed E-state index contributed by atoms with van der Waals surface area (Å²) in [6.07, 6.45) is 0. The lowest BCUT2D eigenvalue weighted by Gasteiger charge is -1.94. The van der Waals surface area contributed by atoms with Crippen molar-refractivity contribution in [1.29, 1.82) is 0 Å².